The van der Waals surface area contributed by atoms with E-state index in [1.165, 1.54) is 0 Å². The van der Waals surface area contributed by atoms with E-state index >= 15 is 0 Å². The van der Waals surface area contributed by atoms with Crippen LogP contribution in [0.3, 0.4) is 0 Å². The fourth-order valence-electron chi connectivity index (χ4n) is 4.38. The van der Waals surface area contributed by atoms with Crippen molar-refractivity contribution in [3.05, 3.63) is 23.8 Å². The summed E-state index contributed by atoms with van der Waals surface area (Å²) in [5, 5.41) is 0. The number of rotatable bonds is 2. The number of benzene rings is 1. The van der Waals surface area contributed by atoms with Gasteiger partial charge in [-0.15, -0.1) is 0 Å². The molecule has 0 unspecified atom stereocenters. The van der Waals surface area contributed by atoms with E-state index in [4.69, 9.17) is 15.2 Å². The van der Waals surface area contributed by atoms with Crippen LogP contribution in [0.4, 0.5) is 4.79 Å². The minimum Gasteiger partial charge on any atom is -0.490 e. The summed E-state index contributed by atoms with van der Waals surface area (Å²) >= 11 is 0. The first-order valence-corrected chi connectivity index (χ1v) is 9.88. The quantitative estimate of drug-likeness (QED) is 0.862. The van der Waals surface area contributed by atoms with Gasteiger partial charge in [0.15, 0.2) is 11.5 Å². The van der Waals surface area contributed by atoms with E-state index in [-0.39, 0.29) is 17.9 Å². The monoisotopic (exact) mass is 373 g/mol. The summed E-state index contributed by atoms with van der Waals surface area (Å²) in [7, 11) is 0. The van der Waals surface area contributed by atoms with Crippen molar-refractivity contribution in [1.29, 1.82) is 0 Å². The molecule has 0 bridgehead atoms. The highest BCUT2D eigenvalue weighted by Crippen LogP contribution is 2.39. The molecular formula is C20H27N3O4. The molecule has 2 saturated heterocycles. The Bertz CT molecular complexity index is 723. The number of nitrogens with zero attached hydrogens (tertiary/aromatic N) is 2. The zero-order valence-corrected chi connectivity index (χ0v) is 15.6. The molecule has 0 saturated carbocycles. The van der Waals surface area contributed by atoms with Gasteiger partial charge in [0, 0.05) is 26.1 Å². The van der Waals surface area contributed by atoms with Crippen molar-refractivity contribution in [2.24, 2.45) is 11.7 Å². The van der Waals surface area contributed by atoms with Gasteiger partial charge in [0.2, 0.25) is 5.91 Å². The summed E-state index contributed by atoms with van der Waals surface area (Å²) in [5.74, 6) is 1.51. The summed E-state index contributed by atoms with van der Waals surface area (Å²) in [6.07, 6.45) is 4.43. The lowest BCUT2D eigenvalue weighted by Crippen LogP contribution is -2.48. The zero-order valence-electron chi connectivity index (χ0n) is 15.6. The number of likely N-dealkylation sites (tertiary alicyclic amines) is 2. The summed E-state index contributed by atoms with van der Waals surface area (Å²) < 4.78 is 11.5. The molecule has 0 spiro atoms. The van der Waals surface area contributed by atoms with Crippen LogP contribution in [-0.4, -0.2) is 54.6 Å². The molecule has 27 heavy (non-hydrogen) atoms. The fourth-order valence-corrected chi connectivity index (χ4v) is 4.38. The van der Waals surface area contributed by atoms with Gasteiger partial charge in [-0.25, -0.2) is 4.79 Å². The number of hydrogen-bond donors (Lipinski definition) is 1. The molecule has 3 amide bonds. The van der Waals surface area contributed by atoms with Crippen LogP contribution in [0.2, 0.25) is 0 Å². The maximum Gasteiger partial charge on any atom is 0.314 e. The van der Waals surface area contributed by atoms with Gasteiger partial charge in [0.1, 0.15) is 0 Å². The van der Waals surface area contributed by atoms with Crippen molar-refractivity contribution in [1.82, 2.24) is 9.80 Å². The predicted octanol–water partition coefficient (Wildman–Crippen LogP) is 2.30. The molecule has 3 heterocycles. The summed E-state index contributed by atoms with van der Waals surface area (Å²) in [6, 6.07) is 5.63. The number of ether oxygens (including phenoxy) is 2. The Labute approximate surface area is 159 Å². The number of carbonyl (C=O) groups excluding carboxylic acids is 2. The minimum absolute atomic E-state index is 0.0543. The number of fused-ring (bicyclic) bond motifs is 1. The molecular weight excluding hydrogens is 346 g/mol. The Balaban J connectivity index is 1.51. The first-order valence-electron chi connectivity index (χ1n) is 9.88. The van der Waals surface area contributed by atoms with Crippen molar-refractivity contribution >= 4 is 11.9 Å². The molecule has 0 aliphatic carbocycles. The maximum absolute atomic E-state index is 13.2. The first-order chi connectivity index (χ1) is 13.1. The first kappa shape index (κ1) is 17.9. The SMILES string of the molecule is NC(=O)N1CCC[C@H](C(=O)N2CCC[C@H]2c2ccc3c(c2)OCCCO3)C1. The van der Waals surface area contributed by atoms with Crippen LogP contribution in [0, 0.1) is 5.92 Å². The predicted molar refractivity (Wildman–Crippen MR) is 99.6 cm³/mol. The van der Waals surface area contributed by atoms with E-state index in [2.05, 4.69) is 0 Å². The molecule has 1 aromatic carbocycles. The fraction of sp³-hybridized carbons (Fsp3) is 0.600. The molecule has 2 N–H and O–H groups in total. The van der Waals surface area contributed by atoms with E-state index < -0.39 is 6.03 Å². The molecule has 7 nitrogen and oxygen atoms in total. The molecule has 0 aromatic heterocycles. The smallest absolute Gasteiger partial charge is 0.314 e. The van der Waals surface area contributed by atoms with Gasteiger partial charge >= 0.3 is 6.03 Å². The second-order valence-corrected chi connectivity index (χ2v) is 7.57. The Morgan fingerprint density at radius 2 is 1.78 bits per heavy atom. The molecule has 3 aliphatic heterocycles. The summed E-state index contributed by atoms with van der Waals surface area (Å²) in [5.41, 5.74) is 6.51. The van der Waals surface area contributed by atoms with Gasteiger partial charge in [-0.05, 0) is 43.4 Å². The van der Waals surface area contributed by atoms with Gasteiger partial charge in [-0.2, -0.15) is 0 Å². The minimum atomic E-state index is -0.437. The third kappa shape index (κ3) is 3.68. The molecule has 2 fully saturated rings. The molecule has 1 aromatic rings. The highest BCUT2D eigenvalue weighted by atomic mass is 16.5. The maximum atomic E-state index is 13.2. The van der Waals surface area contributed by atoms with Crippen molar-refractivity contribution in [2.45, 2.75) is 38.1 Å². The molecule has 2 atom stereocenters. The Morgan fingerprint density at radius 1 is 1.00 bits per heavy atom. The average molecular weight is 373 g/mol. The van der Waals surface area contributed by atoms with Gasteiger partial charge in [0.25, 0.3) is 0 Å². The lowest BCUT2D eigenvalue weighted by atomic mass is 9.95. The molecule has 0 radical (unpaired) electrons. The van der Waals surface area contributed by atoms with Crippen molar-refractivity contribution in [3.63, 3.8) is 0 Å². The number of nitrogens with two attached hydrogens (primary N) is 1. The van der Waals surface area contributed by atoms with E-state index in [0.717, 1.165) is 55.7 Å². The van der Waals surface area contributed by atoms with Crippen molar-refractivity contribution in [3.8, 4) is 11.5 Å². The van der Waals surface area contributed by atoms with Crippen LogP contribution in [-0.2, 0) is 4.79 Å². The van der Waals surface area contributed by atoms with Crippen LogP contribution >= 0.6 is 0 Å². The number of amides is 3. The van der Waals surface area contributed by atoms with Gasteiger partial charge in [0.05, 0.1) is 25.2 Å². The zero-order chi connectivity index (χ0) is 18.8. The Hall–Kier alpha value is -2.44. The Kier molecular flexibility index (Phi) is 5.09. The highest BCUT2D eigenvalue weighted by Gasteiger charge is 2.36. The molecule has 4 rings (SSSR count). The lowest BCUT2D eigenvalue weighted by molar-refractivity contribution is -0.137. The largest absolute Gasteiger partial charge is 0.490 e. The van der Waals surface area contributed by atoms with E-state index in [1.54, 1.807) is 4.90 Å². The van der Waals surface area contributed by atoms with Crippen LogP contribution in [0.25, 0.3) is 0 Å². The second kappa shape index (κ2) is 7.66. The number of carbonyl (C=O) groups is 2. The number of piperidine rings is 1. The second-order valence-electron chi connectivity index (χ2n) is 7.57. The third-order valence-corrected chi connectivity index (χ3v) is 5.77. The van der Waals surface area contributed by atoms with Crippen LogP contribution in [0.15, 0.2) is 18.2 Å². The molecule has 7 heteroatoms. The summed E-state index contributed by atoms with van der Waals surface area (Å²) in [6.45, 7) is 3.14. The van der Waals surface area contributed by atoms with Crippen molar-refractivity contribution < 1.29 is 19.1 Å². The summed E-state index contributed by atoms with van der Waals surface area (Å²) in [4.78, 5) is 28.2. The molecule has 146 valence electrons. The number of hydrogen-bond acceptors (Lipinski definition) is 4. The average Bonchev–Trinajstić information content (AvgIpc) is 3.06. The third-order valence-electron chi connectivity index (χ3n) is 5.77. The Morgan fingerprint density at radius 3 is 2.59 bits per heavy atom. The number of urea groups is 1. The standard InChI is InChI=1S/C20H27N3O4/c21-20(25)22-8-1-4-15(13-22)19(24)23-9-2-5-16(23)14-6-7-17-18(12-14)27-11-3-10-26-17/h6-7,12,15-16H,1-5,8-11,13H2,(H2,21,25)/t15-,16-/m0/s1. The highest BCUT2D eigenvalue weighted by molar-refractivity contribution is 5.81. The van der Waals surface area contributed by atoms with E-state index in [9.17, 15) is 9.59 Å². The number of primary amides is 1. The van der Waals surface area contributed by atoms with Gasteiger partial charge in [-0.3, -0.25) is 4.79 Å². The molecule has 3 aliphatic rings. The normalized spacial score (nSPS) is 25.2. The topological polar surface area (TPSA) is 85.1 Å². The van der Waals surface area contributed by atoms with E-state index in [0.29, 0.717) is 26.3 Å². The lowest BCUT2D eigenvalue weighted by Gasteiger charge is -2.35. The van der Waals surface area contributed by atoms with E-state index in [1.807, 2.05) is 23.1 Å². The van der Waals surface area contributed by atoms with Crippen molar-refractivity contribution in [2.75, 3.05) is 32.8 Å². The van der Waals surface area contributed by atoms with Gasteiger partial charge in [-0.1, -0.05) is 6.07 Å². The van der Waals surface area contributed by atoms with Crippen LogP contribution < -0.4 is 15.2 Å². The van der Waals surface area contributed by atoms with Gasteiger partial charge < -0.3 is 25.0 Å². The van der Waals surface area contributed by atoms with Crippen LogP contribution in [0.1, 0.15) is 43.7 Å². The van der Waals surface area contributed by atoms with Crippen LogP contribution in [0.5, 0.6) is 11.5 Å².